The molecule has 220 valence electrons. The summed E-state index contributed by atoms with van der Waals surface area (Å²) in [5, 5.41) is 18.9. The molecule has 10 nitrogen and oxygen atoms in total. The zero-order chi connectivity index (χ0) is 29.8. The van der Waals surface area contributed by atoms with Gasteiger partial charge in [0, 0.05) is 23.6 Å². The standard InChI is InChI=1S/C29H39BrN7O3P/c1-5-7-14-39-41(38,40-15-8-6-2)16-13-33-24-17-20(3)26(21(4)18-24)35-28-25(30)27(32)36-29(37-28)34-23-11-9-22(19-31)10-12-23/h9-12,17-18,33H,5-8,13-16H2,1-4H3,(H4,32,34,35,36,37). The first-order valence-electron chi connectivity index (χ1n) is 13.8. The highest BCUT2D eigenvalue weighted by Gasteiger charge is 2.24. The third-order valence-corrected chi connectivity index (χ3v) is 8.91. The lowest BCUT2D eigenvalue weighted by molar-refractivity contribution is 0.200. The van der Waals surface area contributed by atoms with Crippen molar-refractivity contribution in [3.05, 3.63) is 57.6 Å². The molecule has 0 aliphatic rings. The normalized spacial score (nSPS) is 11.2. The van der Waals surface area contributed by atoms with Crippen LogP contribution in [0.3, 0.4) is 0 Å². The molecule has 0 atom stereocenters. The molecular weight excluding hydrogens is 605 g/mol. The summed E-state index contributed by atoms with van der Waals surface area (Å²) < 4.78 is 25.2. The average Bonchev–Trinajstić information content (AvgIpc) is 2.94. The van der Waals surface area contributed by atoms with Crippen LogP contribution in [0.25, 0.3) is 0 Å². The van der Waals surface area contributed by atoms with Crippen molar-refractivity contribution in [2.75, 3.05) is 47.6 Å². The van der Waals surface area contributed by atoms with E-state index in [9.17, 15) is 4.57 Å². The van der Waals surface area contributed by atoms with Crippen LogP contribution in [0, 0.1) is 25.2 Å². The van der Waals surface area contributed by atoms with Crippen LogP contribution < -0.4 is 21.7 Å². The van der Waals surface area contributed by atoms with Gasteiger partial charge in [0.05, 0.1) is 31.0 Å². The molecule has 0 amide bonds. The topological polar surface area (TPSA) is 147 Å². The van der Waals surface area contributed by atoms with E-state index in [0.29, 0.717) is 47.7 Å². The maximum Gasteiger partial charge on any atom is 0.332 e. The van der Waals surface area contributed by atoms with E-state index in [4.69, 9.17) is 20.0 Å². The Morgan fingerprint density at radius 1 is 0.976 bits per heavy atom. The molecule has 2 aromatic carbocycles. The number of benzene rings is 2. The lowest BCUT2D eigenvalue weighted by Gasteiger charge is -2.20. The molecule has 1 heterocycles. The second-order valence-corrected chi connectivity index (χ2v) is 12.6. The smallest absolute Gasteiger partial charge is 0.332 e. The minimum atomic E-state index is -3.17. The number of hydrogen-bond acceptors (Lipinski definition) is 10. The van der Waals surface area contributed by atoms with Gasteiger partial charge in [-0.15, -0.1) is 0 Å². The number of hydrogen-bond donors (Lipinski definition) is 4. The van der Waals surface area contributed by atoms with Crippen LogP contribution in [0.15, 0.2) is 40.9 Å². The summed E-state index contributed by atoms with van der Waals surface area (Å²) >= 11 is 3.50. The van der Waals surface area contributed by atoms with Gasteiger partial charge in [-0.3, -0.25) is 4.57 Å². The van der Waals surface area contributed by atoms with Gasteiger partial charge in [0.1, 0.15) is 10.3 Å². The van der Waals surface area contributed by atoms with Gasteiger partial charge in [-0.1, -0.05) is 26.7 Å². The predicted molar refractivity (Wildman–Crippen MR) is 170 cm³/mol. The number of nitrogens with one attached hydrogen (secondary N) is 3. The highest BCUT2D eigenvalue weighted by Crippen LogP contribution is 2.48. The Labute approximate surface area is 251 Å². The summed E-state index contributed by atoms with van der Waals surface area (Å²) in [7, 11) is -3.17. The van der Waals surface area contributed by atoms with Crippen LogP contribution in [0.5, 0.6) is 0 Å². The van der Waals surface area contributed by atoms with E-state index in [1.165, 1.54) is 0 Å². The van der Waals surface area contributed by atoms with Crippen molar-refractivity contribution in [2.45, 2.75) is 53.4 Å². The van der Waals surface area contributed by atoms with Crippen LogP contribution in [-0.2, 0) is 13.6 Å². The van der Waals surface area contributed by atoms with Gasteiger partial charge < -0.3 is 30.7 Å². The monoisotopic (exact) mass is 643 g/mol. The van der Waals surface area contributed by atoms with Crippen molar-refractivity contribution in [3.8, 4) is 6.07 Å². The lowest BCUT2D eigenvalue weighted by atomic mass is 10.1. The molecule has 12 heteroatoms. The van der Waals surface area contributed by atoms with E-state index in [-0.39, 0.29) is 5.82 Å². The first kappa shape index (κ1) is 32.4. The number of nitrogens with two attached hydrogens (primary N) is 1. The van der Waals surface area contributed by atoms with Gasteiger partial charge in [0.25, 0.3) is 0 Å². The summed E-state index contributed by atoms with van der Waals surface area (Å²) in [6.07, 6.45) is 3.93. The average molecular weight is 645 g/mol. The van der Waals surface area contributed by atoms with Crippen molar-refractivity contribution >= 4 is 58.2 Å². The summed E-state index contributed by atoms with van der Waals surface area (Å²) in [6, 6.07) is 13.1. The summed E-state index contributed by atoms with van der Waals surface area (Å²) in [6.45, 7) is 9.48. The highest BCUT2D eigenvalue weighted by molar-refractivity contribution is 9.10. The first-order chi connectivity index (χ1) is 19.7. The lowest BCUT2D eigenvalue weighted by Crippen LogP contribution is -2.12. The van der Waals surface area contributed by atoms with Crippen LogP contribution in [0.1, 0.15) is 56.2 Å². The molecule has 0 fully saturated rings. The van der Waals surface area contributed by atoms with Crippen LogP contribution in [0.4, 0.5) is 34.6 Å². The van der Waals surface area contributed by atoms with Crippen molar-refractivity contribution in [1.82, 2.24) is 9.97 Å². The van der Waals surface area contributed by atoms with Crippen LogP contribution in [0.2, 0.25) is 0 Å². The third-order valence-electron chi connectivity index (χ3n) is 6.21. The largest absolute Gasteiger partial charge is 0.384 e. The Balaban J connectivity index is 1.70. The molecule has 3 aromatic rings. The van der Waals surface area contributed by atoms with Gasteiger partial charge in [0.2, 0.25) is 5.95 Å². The number of halogens is 1. The molecule has 41 heavy (non-hydrogen) atoms. The summed E-state index contributed by atoms with van der Waals surface area (Å²) in [5.41, 5.74) is 11.2. The Bertz CT molecular complexity index is 1360. The number of rotatable bonds is 16. The van der Waals surface area contributed by atoms with E-state index in [1.807, 2.05) is 26.0 Å². The second-order valence-electron chi connectivity index (χ2n) is 9.65. The summed E-state index contributed by atoms with van der Waals surface area (Å²) in [4.78, 5) is 8.93. The molecule has 5 N–H and O–H groups in total. The fourth-order valence-electron chi connectivity index (χ4n) is 3.94. The second kappa shape index (κ2) is 15.7. The molecule has 0 aliphatic carbocycles. The molecule has 0 aliphatic heterocycles. The number of nitrogen functional groups attached to an aromatic ring is 1. The minimum absolute atomic E-state index is 0.277. The molecule has 0 bridgehead atoms. The van der Waals surface area contributed by atoms with Crippen molar-refractivity contribution in [3.63, 3.8) is 0 Å². The number of nitrogens with zero attached hydrogens (tertiary/aromatic N) is 3. The highest BCUT2D eigenvalue weighted by atomic mass is 79.9. The molecule has 0 saturated heterocycles. The van der Waals surface area contributed by atoms with Crippen LogP contribution >= 0.6 is 23.5 Å². The number of nitriles is 1. The molecule has 1 aromatic heterocycles. The maximum atomic E-state index is 13.2. The minimum Gasteiger partial charge on any atom is -0.384 e. The van der Waals surface area contributed by atoms with E-state index in [2.05, 4.69) is 61.8 Å². The Hall–Kier alpha value is -3.16. The molecule has 0 radical (unpaired) electrons. The van der Waals surface area contributed by atoms with E-state index < -0.39 is 7.60 Å². The molecule has 0 unspecified atom stereocenters. The van der Waals surface area contributed by atoms with Crippen molar-refractivity contribution in [2.24, 2.45) is 0 Å². The van der Waals surface area contributed by atoms with Crippen molar-refractivity contribution in [1.29, 1.82) is 5.26 Å². The van der Waals surface area contributed by atoms with Gasteiger partial charge >= 0.3 is 7.60 Å². The zero-order valence-electron chi connectivity index (χ0n) is 24.1. The Kier molecular flexibility index (Phi) is 12.4. The molecule has 3 rings (SSSR count). The molecular formula is C29H39BrN7O3P. The van der Waals surface area contributed by atoms with E-state index >= 15 is 0 Å². The Morgan fingerprint density at radius 3 is 2.15 bits per heavy atom. The molecule has 0 spiro atoms. The van der Waals surface area contributed by atoms with Gasteiger partial charge in [0.15, 0.2) is 5.82 Å². The number of anilines is 6. The van der Waals surface area contributed by atoms with Crippen LogP contribution in [-0.4, -0.2) is 35.9 Å². The summed E-state index contributed by atoms with van der Waals surface area (Å²) in [5.74, 6) is 1.10. The number of aryl methyl sites for hydroxylation is 2. The maximum absolute atomic E-state index is 13.2. The SMILES string of the molecule is CCCCOP(=O)(CCNc1cc(C)c(Nc2nc(Nc3ccc(C#N)cc3)nc(N)c2Br)c(C)c1)OCCCC. The number of unbranched alkanes of at least 4 members (excludes halogenated alkanes) is 2. The zero-order valence-corrected chi connectivity index (χ0v) is 26.6. The number of aromatic nitrogens is 2. The fraction of sp³-hybridized carbons (Fsp3) is 0.414. The fourth-order valence-corrected chi connectivity index (χ4v) is 5.75. The van der Waals surface area contributed by atoms with Gasteiger partial charge in [-0.2, -0.15) is 15.2 Å². The van der Waals surface area contributed by atoms with Gasteiger partial charge in [-0.25, -0.2) is 0 Å². The van der Waals surface area contributed by atoms with Crippen molar-refractivity contribution < 1.29 is 13.6 Å². The Morgan fingerprint density at radius 2 is 1.59 bits per heavy atom. The quantitative estimate of drug-likeness (QED) is 0.0892. The predicted octanol–water partition coefficient (Wildman–Crippen LogP) is 8.04. The molecule has 0 saturated carbocycles. The first-order valence-corrected chi connectivity index (χ1v) is 16.3. The van der Waals surface area contributed by atoms with E-state index in [1.54, 1.807) is 24.3 Å². The van der Waals surface area contributed by atoms with E-state index in [0.717, 1.165) is 53.9 Å². The third kappa shape index (κ3) is 9.72. The van der Waals surface area contributed by atoms with Gasteiger partial charge in [-0.05, 0) is 90.1 Å².